The van der Waals surface area contributed by atoms with E-state index in [1.165, 1.54) is 6.08 Å². The van der Waals surface area contributed by atoms with Gasteiger partial charge >= 0.3 is 12.1 Å². The molecule has 0 bridgehead atoms. The maximum atomic E-state index is 13.1. The molecule has 0 aliphatic rings. The average molecular weight is 248 g/mol. The largest absolute Gasteiger partial charge is 0.458 e. The summed E-state index contributed by atoms with van der Waals surface area (Å²) in [5, 5.41) is 0. The molecule has 0 saturated carbocycles. The third-order valence-corrected chi connectivity index (χ3v) is 1.85. The molecule has 1 aromatic rings. The van der Waals surface area contributed by atoms with Gasteiger partial charge in [0.05, 0.1) is 11.1 Å². The van der Waals surface area contributed by atoms with E-state index in [2.05, 4.69) is 11.3 Å². The molecule has 0 heterocycles. The fraction of sp³-hybridized carbons (Fsp3) is 0.182. The number of rotatable bonds is 3. The molecule has 0 N–H and O–H groups in total. The van der Waals surface area contributed by atoms with Crippen molar-refractivity contribution < 1.29 is 27.1 Å². The zero-order chi connectivity index (χ0) is 13.1. The number of hydrogen-bond donors (Lipinski definition) is 0. The molecule has 0 fully saturated rings. The Morgan fingerprint density at radius 3 is 2.59 bits per heavy atom. The Morgan fingerprint density at radius 2 is 2.06 bits per heavy atom. The number of carbonyl (C=O) groups is 1. The van der Waals surface area contributed by atoms with E-state index in [-0.39, 0.29) is 6.61 Å². The lowest BCUT2D eigenvalue weighted by Gasteiger charge is -2.09. The molecular formula is C11H8F4O2. The Kier molecular flexibility index (Phi) is 3.88. The van der Waals surface area contributed by atoms with Gasteiger partial charge in [0.2, 0.25) is 0 Å². The number of hydrogen-bond acceptors (Lipinski definition) is 2. The maximum Gasteiger partial charge on any atom is 0.416 e. The highest BCUT2D eigenvalue weighted by atomic mass is 19.4. The van der Waals surface area contributed by atoms with Crippen LogP contribution in [0.4, 0.5) is 17.6 Å². The number of alkyl halides is 3. The van der Waals surface area contributed by atoms with Crippen LogP contribution in [-0.4, -0.2) is 12.6 Å². The van der Waals surface area contributed by atoms with Crippen LogP contribution in [0.3, 0.4) is 0 Å². The van der Waals surface area contributed by atoms with Gasteiger partial charge in [0, 0.05) is 0 Å². The van der Waals surface area contributed by atoms with Crippen molar-refractivity contribution in [3.05, 3.63) is 47.8 Å². The molecule has 17 heavy (non-hydrogen) atoms. The smallest absolute Gasteiger partial charge is 0.416 e. The molecule has 1 rings (SSSR count). The molecule has 2 nitrogen and oxygen atoms in total. The molecular weight excluding hydrogens is 240 g/mol. The fourth-order valence-corrected chi connectivity index (χ4v) is 1.07. The summed E-state index contributed by atoms with van der Waals surface area (Å²) in [5.74, 6) is -2.22. The SMILES string of the molecule is C=CCOC(=O)c1cc(C(F)(F)F)ccc1F. The number of halogens is 4. The van der Waals surface area contributed by atoms with Crippen LogP contribution < -0.4 is 0 Å². The van der Waals surface area contributed by atoms with Crippen LogP contribution >= 0.6 is 0 Å². The Hall–Kier alpha value is -1.85. The predicted octanol–water partition coefficient (Wildman–Crippen LogP) is 3.19. The van der Waals surface area contributed by atoms with Crippen LogP contribution in [0.2, 0.25) is 0 Å². The normalized spacial score (nSPS) is 11.1. The molecule has 6 heteroatoms. The minimum Gasteiger partial charge on any atom is -0.458 e. The van der Waals surface area contributed by atoms with Crippen molar-refractivity contribution in [3.8, 4) is 0 Å². The zero-order valence-corrected chi connectivity index (χ0v) is 8.55. The van der Waals surface area contributed by atoms with Gasteiger partial charge in [0.1, 0.15) is 12.4 Å². The summed E-state index contributed by atoms with van der Waals surface area (Å²) in [6.45, 7) is 3.05. The average Bonchev–Trinajstić information content (AvgIpc) is 2.24. The van der Waals surface area contributed by atoms with Crippen molar-refractivity contribution in [2.45, 2.75) is 6.18 Å². The van der Waals surface area contributed by atoms with E-state index in [1.54, 1.807) is 0 Å². The lowest BCUT2D eigenvalue weighted by atomic mass is 10.1. The van der Waals surface area contributed by atoms with Gasteiger partial charge in [0.25, 0.3) is 0 Å². The fourth-order valence-electron chi connectivity index (χ4n) is 1.07. The molecule has 0 saturated heterocycles. The van der Waals surface area contributed by atoms with Gasteiger partial charge in [0.15, 0.2) is 0 Å². The zero-order valence-electron chi connectivity index (χ0n) is 8.55. The third kappa shape index (κ3) is 3.30. The van der Waals surface area contributed by atoms with E-state index in [0.29, 0.717) is 18.2 Å². The molecule has 0 radical (unpaired) electrons. The number of ether oxygens (including phenoxy) is 1. The summed E-state index contributed by atoms with van der Waals surface area (Å²) in [7, 11) is 0. The quantitative estimate of drug-likeness (QED) is 0.466. The summed E-state index contributed by atoms with van der Waals surface area (Å²) in [6, 6.07) is 1.55. The summed E-state index contributed by atoms with van der Waals surface area (Å²) in [6.07, 6.45) is -3.41. The number of benzene rings is 1. The van der Waals surface area contributed by atoms with Crippen LogP contribution in [0, 0.1) is 5.82 Å². The number of carbonyl (C=O) groups excluding carboxylic acids is 1. The minimum absolute atomic E-state index is 0.200. The first-order valence-electron chi connectivity index (χ1n) is 4.51. The summed E-state index contributed by atoms with van der Waals surface area (Å²) < 4.78 is 54.6. The van der Waals surface area contributed by atoms with Gasteiger partial charge in [-0.3, -0.25) is 0 Å². The highest BCUT2D eigenvalue weighted by Gasteiger charge is 2.32. The molecule has 0 aromatic heterocycles. The lowest BCUT2D eigenvalue weighted by molar-refractivity contribution is -0.137. The second-order valence-corrected chi connectivity index (χ2v) is 3.08. The van der Waals surface area contributed by atoms with E-state index in [0.717, 1.165) is 0 Å². The predicted molar refractivity (Wildman–Crippen MR) is 51.9 cm³/mol. The van der Waals surface area contributed by atoms with E-state index in [9.17, 15) is 22.4 Å². The molecule has 0 aliphatic carbocycles. The van der Waals surface area contributed by atoms with Crippen LogP contribution in [-0.2, 0) is 10.9 Å². The van der Waals surface area contributed by atoms with Gasteiger partial charge in [-0.1, -0.05) is 12.7 Å². The number of esters is 1. The second-order valence-electron chi connectivity index (χ2n) is 3.08. The van der Waals surface area contributed by atoms with Crippen LogP contribution in [0.25, 0.3) is 0 Å². The molecule has 0 aliphatic heterocycles. The maximum absolute atomic E-state index is 13.1. The third-order valence-electron chi connectivity index (χ3n) is 1.85. The van der Waals surface area contributed by atoms with Gasteiger partial charge in [-0.05, 0) is 18.2 Å². The van der Waals surface area contributed by atoms with Gasteiger partial charge < -0.3 is 4.74 Å². The standard InChI is InChI=1S/C11H8F4O2/c1-2-5-17-10(16)8-6-7(11(13,14)15)3-4-9(8)12/h2-4,6H,1,5H2. The minimum atomic E-state index is -4.64. The van der Waals surface area contributed by atoms with Crippen molar-refractivity contribution in [1.29, 1.82) is 0 Å². The topological polar surface area (TPSA) is 26.3 Å². The molecule has 0 unspecified atom stereocenters. The van der Waals surface area contributed by atoms with E-state index in [1.807, 2.05) is 0 Å². The molecule has 0 spiro atoms. The second kappa shape index (κ2) is 4.99. The summed E-state index contributed by atoms with van der Waals surface area (Å²) in [5.41, 5.74) is -1.86. The molecule has 0 amide bonds. The van der Waals surface area contributed by atoms with Crippen molar-refractivity contribution in [1.82, 2.24) is 0 Å². The highest BCUT2D eigenvalue weighted by molar-refractivity contribution is 5.90. The molecule has 92 valence electrons. The van der Waals surface area contributed by atoms with Crippen LogP contribution in [0.5, 0.6) is 0 Å². The van der Waals surface area contributed by atoms with Crippen LogP contribution in [0.15, 0.2) is 30.9 Å². The summed E-state index contributed by atoms with van der Waals surface area (Å²) in [4.78, 5) is 11.2. The van der Waals surface area contributed by atoms with Gasteiger partial charge in [-0.15, -0.1) is 0 Å². The van der Waals surface area contributed by atoms with Gasteiger partial charge in [-0.25, -0.2) is 9.18 Å². The highest BCUT2D eigenvalue weighted by Crippen LogP contribution is 2.30. The van der Waals surface area contributed by atoms with Gasteiger partial charge in [-0.2, -0.15) is 13.2 Å². The van der Waals surface area contributed by atoms with Crippen molar-refractivity contribution >= 4 is 5.97 Å². The Morgan fingerprint density at radius 1 is 1.41 bits per heavy atom. The monoisotopic (exact) mass is 248 g/mol. The first-order valence-corrected chi connectivity index (χ1v) is 4.51. The Labute approximate surface area is 94.5 Å². The molecule has 1 aromatic carbocycles. The van der Waals surface area contributed by atoms with Crippen molar-refractivity contribution in [3.63, 3.8) is 0 Å². The first kappa shape index (κ1) is 13.2. The Bertz CT molecular complexity index is 438. The van der Waals surface area contributed by atoms with Crippen LogP contribution in [0.1, 0.15) is 15.9 Å². The van der Waals surface area contributed by atoms with Crippen molar-refractivity contribution in [2.75, 3.05) is 6.61 Å². The van der Waals surface area contributed by atoms with E-state index in [4.69, 9.17) is 0 Å². The summed E-state index contributed by atoms with van der Waals surface area (Å²) >= 11 is 0. The van der Waals surface area contributed by atoms with E-state index < -0.39 is 29.1 Å². The first-order chi connectivity index (χ1) is 7.86. The molecule has 0 atom stereocenters. The van der Waals surface area contributed by atoms with E-state index >= 15 is 0 Å². The van der Waals surface area contributed by atoms with Crippen molar-refractivity contribution in [2.24, 2.45) is 0 Å². The Balaban J connectivity index is 3.06. The lowest BCUT2D eigenvalue weighted by Crippen LogP contribution is -2.11.